The van der Waals surface area contributed by atoms with Crippen molar-refractivity contribution < 1.29 is 33.3 Å². The van der Waals surface area contributed by atoms with Crippen molar-refractivity contribution in [2.24, 2.45) is 40.4 Å². The fourth-order valence-corrected chi connectivity index (χ4v) is 10.3. The number of aliphatic hydroxyl groups excluding tert-OH is 2. The van der Waals surface area contributed by atoms with E-state index >= 15 is 0 Å². The molecule has 0 aromatic carbocycles. The Balaban J connectivity index is 1.05. The van der Waals surface area contributed by atoms with Crippen molar-refractivity contribution >= 4 is 11.9 Å². The maximum Gasteiger partial charge on any atom is 0.413 e. The molecule has 1 amide bonds. The number of rotatable bonds is 9. The quantitative estimate of drug-likeness (QED) is 0.196. The van der Waals surface area contributed by atoms with Crippen LogP contribution >= 0.6 is 0 Å². The van der Waals surface area contributed by atoms with Gasteiger partial charge in [0, 0.05) is 12.6 Å². The number of allylic oxidation sites excluding steroid dienone is 1. The number of unbranched alkanes of at least 4 members (excludes halogenated alkanes) is 1. The number of ether oxygens (including phenoxy) is 2. The van der Waals surface area contributed by atoms with Gasteiger partial charge in [0.2, 0.25) is 6.23 Å². The first-order valence-corrected chi connectivity index (χ1v) is 17.9. The molecule has 0 bridgehead atoms. The second kappa shape index (κ2) is 13.2. The number of fused-ring (bicyclic) bond motifs is 5. The summed E-state index contributed by atoms with van der Waals surface area (Å²) in [6.07, 6.45) is 10.7. The molecular weight excluding hydrogens is 608 g/mol. The average molecular weight is 662 g/mol. The van der Waals surface area contributed by atoms with Crippen LogP contribution in [0.25, 0.3) is 0 Å². The summed E-state index contributed by atoms with van der Waals surface area (Å²) >= 11 is 0. The molecule has 3 saturated carbocycles. The highest BCUT2D eigenvalue weighted by Crippen LogP contribution is 2.67. The predicted molar refractivity (Wildman–Crippen MR) is 173 cm³/mol. The van der Waals surface area contributed by atoms with Crippen LogP contribution < -0.4 is 11.0 Å². The van der Waals surface area contributed by atoms with E-state index in [9.17, 15) is 28.6 Å². The van der Waals surface area contributed by atoms with Gasteiger partial charge in [0.15, 0.2) is 6.10 Å². The third-order valence-electron chi connectivity index (χ3n) is 13.0. The Kier molecular flexibility index (Phi) is 9.66. The molecule has 3 N–H and O–H groups in total. The zero-order chi connectivity index (χ0) is 33.7. The summed E-state index contributed by atoms with van der Waals surface area (Å²) in [6.45, 7) is 8.84. The number of halogens is 2. The van der Waals surface area contributed by atoms with Gasteiger partial charge in [-0.1, -0.05) is 58.6 Å². The largest absolute Gasteiger partial charge is 0.446 e. The normalized spacial score (nSPS) is 39.1. The summed E-state index contributed by atoms with van der Waals surface area (Å²) in [5, 5.41) is 21.4. The molecular formula is C36H53F2N3O6. The molecule has 2 heterocycles. The first-order valence-electron chi connectivity index (χ1n) is 17.9. The van der Waals surface area contributed by atoms with Crippen LogP contribution in [0.4, 0.5) is 19.4 Å². The van der Waals surface area contributed by atoms with E-state index in [1.807, 2.05) is 0 Å². The van der Waals surface area contributed by atoms with Gasteiger partial charge in [0.05, 0.1) is 6.61 Å². The van der Waals surface area contributed by atoms with E-state index in [-0.39, 0.29) is 17.3 Å². The maximum atomic E-state index is 14.5. The minimum atomic E-state index is -3.82. The number of hydrogen-bond donors (Lipinski definition) is 3. The Labute approximate surface area is 276 Å². The Bertz CT molecular complexity index is 1400. The van der Waals surface area contributed by atoms with Crippen LogP contribution in [0.15, 0.2) is 28.7 Å². The summed E-state index contributed by atoms with van der Waals surface area (Å²) in [5.41, 5.74) is 0.879. The number of aromatic nitrogens is 2. The van der Waals surface area contributed by atoms with Gasteiger partial charge in [0.1, 0.15) is 18.0 Å². The average Bonchev–Trinajstić information content (AvgIpc) is 3.47. The van der Waals surface area contributed by atoms with E-state index in [1.54, 1.807) is 0 Å². The van der Waals surface area contributed by atoms with Crippen molar-refractivity contribution in [3.05, 3.63) is 34.4 Å². The van der Waals surface area contributed by atoms with Crippen LogP contribution in [0.3, 0.4) is 0 Å². The van der Waals surface area contributed by atoms with Crippen molar-refractivity contribution in [1.82, 2.24) is 9.55 Å². The number of alkyl halides is 2. The van der Waals surface area contributed by atoms with E-state index in [1.165, 1.54) is 63.0 Å². The number of hydrogen-bond acceptors (Lipinski definition) is 7. The molecule has 6 rings (SSSR count). The molecule has 0 radical (unpaired) electrons. The molecule has 10 unspecified atom stereocenters. The summed E-state index contributed by atoms with van der Waals surface area (Å²) in [6, 6.07) is 1.19. The zero-order valence-electron chi connectivity index (χ0n) is 28.3. The van der Waals surface area contributed by atoms with Crippen LogP contribution in [0, 0.1) is 40.4 Å². The molecule has 1 aromatic rings. The van der Waals surface area contributed by atoms with E-state index in [0.717, 1.165) is 49.1 Å². The van der Waals surface area contributed by atoms with Crippen LogP contribution in [0.5, 0.6) is 0 Å². The molecule has 5 aliphatic rings. The van der Waals surface area contributed by atoms with E-state index < -0.39 is 42.7 Å². The highest BCUT2D eigenvalue weighted by molar-refractivity contribution is 5.83. The lowest BCUT2D eigenvalue weighted by Crippen LogP contribution is -2.50. The number of carbonyl (C=O) groups is 1. The third-order valence-corrected chi connectivity index (χ3v) is 13.0. The Morgan fingerprint density at radius 1 is 1.17 bits per heavy atom. The SMILES string of the molecule is CC(C)CCCCC1CCC2C3CC=C4CC(OC(=O)Nc5ccn(C6OC(CO)C(O)C6(F)F)c(=O)n5)CCC4(C)C3CCC12C. The van der Waals surface area contributed by atoms with Gasteiger partial charge in [-0.25, -0.2) is 9.59 Å². The predicted octanol–water partition coefficient (Wildman–Crippen LogP) is 6.84. The standard InChI is InChI=1S/C36H53F2N3O6/c1-21(2)7-5-6-8-22-10-12-26-25-11-9-23-19-24(13-16-35(23,4)27(25)14-17-34(22,26)3)46-33(45)40-29-15-18-41(32(44)39-29)31-36(37,38)30(43)28(20-42)47-31/h9,15,18,21-22,24-28,30-31,42-43H,5-8,10-14,16-17,19-20H2,1-4H3,(H,39,40,44,45). The molecule has 4 fully saturated rings. The number of aliphatic hydroxyl groups is 2. The minimum Gasteiger partial charge on any atom is -0.446 e. The van der Waals surface area contributed by atoms with Crippen molar-refractivity contribution in [3.63, 3.8) is 0 Å². The molecule has 0 spiro atoms. The highest BCUT2D eigenvalue weighted by Gasteiger charge is 2.60. The Hall–Kier alpha value is -2.37. The number of carbonyl (C=O) groups excluding carboxylic acids is 1. The second-order valence-corrected chi connectivity index (χ2v) is 16.0. The summed E-state index contributed by atoms with van der Waals surface area (Å²) < 4.78 is 40.4. The molecule has 11 heteroatoms. The Morgan fingerprint density at radius 2 is 1.96 bits per heavy atom. The van der Waals surface area contributed by atoms with Gasteiger partial charge in [0.25, 0.3) is 0 Å². The Morgan fingerprint density at radius 3 is 2.66 bits per heavy atom. The molecule has 10 atom stereocenters. The fraction of sp³-hybridized carbons (Fsp3) is 0.806. The first-order chi connectivity index (χ1) is 22.3. The van der Waals surface area contributed by atoms with Gasteiger partial charge in [-0.3, -0.25) is 9.88 Å². The molecule has 1 aromatic heterocycles. The summed E-state index contributed by atoms with van der Waals surface area (Å²) in [4.78, 5) is 29.1. The van der Waals surface area contributed by atoms with Crippen LogP contribution in [0.2, 0.25) is 0 Å². The zero-order valence-corrected chi connectivity index (χ0v) is 28.3. The summed E-state index contributed by atoms with van der Waals surface area (Å²) in [7, 11) is 0. The van der Waals surface area contributed by atoms with Crippen molar-refractivity contribution in [1.29, 1.82) is 0 Å². The van der Waals surface area contributed by atoms with Gasteiger partial charge in [-0.15, -0.1) is 0 Å². The maximum absolute atomic E-state index is 14.5. The molecule has 1 aliphatic heterocycles. The monoisotopic (exact) mass is 661 g/mol. The van der Waals surface area contributed by atoms with Crippen molar-refractivity contribution in [2.45, 2.75) is 135 Å². The van der Waals surface area contributed by atoms with Gasteiger partial charge >= 0.3 is 17.7 Å². The van der Waals surface area contributed by atoms with Crippen molar-refractivity contribution in [3.8, 4) is 0 Å². The lowest BCUT2D eigenvalue weighted by Gasteiger charge is -2.58. The van der Waals surface area contributed by atoms with Crippen LogP contribution in [-0.2, 0) is 9.47 Å². The number of anilines is 1. The topological polar surface area (TPSA) is 123 Å². The number of amides is 1. The van der Waals surface area contributed by atoms with Crippen LogP contribution in [0.1, 0.15) is 111 Å². The summed E-state index contributed by atoms with van der Waals surface area (Å²) in [5.74, 6) is -0.139. The molecule has 1 saturated heterocycles. The molecule has 47 heavy (non-hydrogen) atoms. The van der Waals surface area contributed by atoms with Crippen molar-refractivity contribution in [2.75, 3.05) is 11.9 Å². The smallest absolute Gasteiger partial charge is 0.413 e. The lowest BCUT2D eigenvalue weighted by atomic mass is 9.47. The molecule has 9 nitrogen and oxygen atoms in total. The van der Waals surface area contributed by atoms with E-state index in [4.69, 9.17) is 9.47 Å². The number of nitrogens with one attached hydrogen (secondary N) is 1. The van der Waals surface area contributed by atoms with Crippen LogP contribution in [-0.4, -0.2) is 56.7 Å². The lowest BCUT2D eigenvalue weighted by molar-refractivity contribution is -0.140. The third kappa shape index (κ3) is 6.29. The van der Waals surface area contributed by atoms with Gasteiger partial charge < -0.3 is 19.7 Å². The second-order valence-electron chi connectivity index (χ2n) is 16.0. The molecule has 262 valence electrons. The fourth-order valence-electron chi connectivity index (χ4n) is 10.3. The van der Waals surface area contributed by atoms with E-state index in [2.05, 4.69) is 44.1 Å². The minimum absolute atomic E-state index is 0.120. The highest BCUT2D eigenvalue weighted by atomic mass is 19.3. The molecule has 4 aliphatic carbocycles. The van der Waals surface area contributed by atoms with Gasteiger partial charge in [-0.05, 0) is 97.9 Å². The number of nitrogens with zero attached hydrogens (tertiary/aromatic N) is 2. The first kappa shape index (κ1) is 34.5. The van der Waals surface area contributed by atoms with E-state index in [0.29, 0.717) is 22.3 Å². The van der Waals surface area contributed by atoms with Gasteiger partial charge in [-0.2, -0.15) is 13.8 Å².